The van der Waals surface area contributed by atoms with Gasteiger partial charge in [-0.05, 0) is 50.7 Å². The van der Waals surface area contributed by atoms with Crippen LogP contribution in [0.25, 0.3) is 10.9 Å². The van der Waals surface area contributed by atoms with Crippen molar-refractivity contribution < 1.29 is 22.2 Å². The van der Waals surface area contributed by atoms with Crippen molar-refractivity contribution in [3.05, 3.63) is 35.5 Å². The second-order valence-electron chi connectivity index (χ2n) is 4.41. The summed E-state index contributed by atoms with van der Waals surface area (Å²) in [6.07, 6.45) is -2.61. The van der Waals surface area contributed by atoms with Crippen LogP contribution in [-0.4, -0.2) is 45.9 Å². The van der Waals surface area contributed by atoms with Gasteiger partial charge in [0.05, 0.1) is 7.08 Å². The number of hydrogen-bond acceptors (Lipinski definition) is 3. The van der Waals surface area contributed by atoms with Gasteiger partial charge in [0.25, 0.3) is 0 Å². The van der Waals surface area contributed by atoms with Crippen LogP contribution in [0.4, 0.5) is 0 Å². The highest BCUT2D eigenvalue weighted by atomic mass is 32.2. The molecule has 0 atom stereocenters. The number of H-pyrrole nitrogens is 1. The molecule has 2 N–H and O–H groups in total. The van der Waals surface area contributed by atoms with E-state index in [1.54, 1.807) is 14.1 Å². The normalized spacial score (nSPS) is 22.0. The first kappa shape index (κ1) is 6.60. The predicted molar refractivity (Wildman–Crippen MR) is 82.2 cm³/mol. The number of rotatable bonds is 6. The fraction of sp³-hybridized carbons (Fsp3) is 0.429. The van der Waals surface area contributed by atoms with E-state index in [0.717, 1.165) is 18.2 Å². The number of nitrogens with one attached hydrogen (secondary N) is 2. The lowest BCUT2D eigenvalue weighted by molar-refractivity contribution is 0.414. The van der Waals surface area contributed by atoms with E-state index in [0.29, 0.717) is 4.98 Å². The van der Waals surface area contributed by atoms with E-state index in [2.05, 4.69) is 0 Å². The number of sulfonamides is 1. The molecular weight excluding hydrogens is 274 g/mol. The maximum absolute atomic E-state index is 12.5. The third kappa shape index (κ3) is 3.59. The van der Waals surface area contributed by atoms with Gasteiger partial charge < -0.3 is 9.88 Å². The Morgan fingerprint density at radius 2 is 2.40 bits per heavy atom. The summed E-state index contributed by atoms with van der Waals surface area (Å²) >= 11 is 0. The molecule has 0 bridgehead atoms. The van der Waals surface area contributed by atoms with E-state index in [4.69, 9.17) is 13.8 Å². The smallest absolute Gasteiger partial charge is 0.215 e. The summed E-state index contributed by atoms with van der Waals surface area (Å²) in [6, 6.07) is 3.14. The molecule has 20 heavy (non-hydrogen) atoms. The number of hydrogen-bond donors (Lipinski definition) is 2. The number of benzene rings is 1. The maximum Gasteiger partial charge on any atom is 0.215 e. The average molecular weight is 305 g/mol. The molecule has 2 aromatic rings. The summed E-state index contributed by atoms with van der Waals surface area (Å²) < 4.78 is 102. The Labute approximate surface area is 134 Å². The van der Waals surface area contributed by atoms with E-state index in [1.807, 2.05) is 0 Å². The van der Waals surface area contributed by atoms with Crippen molar-refractivity contribution in [1.29, 1.82) is 0 Å². The van der Waals surface area contributed by atoms with Crippen LogP contribution in [0.3, 0.4) is 0 Å². The highest BCUT2D eigenvalue weighted by Crippen LogP contribution is 2.21. The van der Waals surface area contributed by atoms with E-state index >= 15 is 0 Å². The Hall–Kier alpha value is -1.37. The summed E-state index contributed by atoms with van der Waals surface area (Å²) in [5.74, 6) is 0. The zero-order valence-electron chi connectivity index (χ0n) is 21.0. The number of nitrogens with zero attached hydrogens (tertiary/aromatic N) is 1. The van der Waals surface area contributed by atoms with Crippen molar-refractivity contribution >= 4 is 20.9 Å². The summed E-state index contributed by atoms with van der Waals surface area (Å²) in [6.45, 7) is -3.59. The van der Waals surface area contributed by atoms with Crippen molar-refractivity contribution in [1.82, 2.24) is 14.6 Å². The molecule has 2 rings (SSSR count). The molecule has 1 heterocycles. The molecule has 0 aliphatic heterocycles. The highest BCUT2D eigenvalue weighted by Gasteiger charge is 2.11. The molecule has 0 unspecified atom stereocenters. The van der Waals surface area contributed by atoms with Gasteiger partial charge in [-0.15, -0.1) is 0 Å². The molecule has 110 valence electrons. The largest absolute Gasteiger partial charge is 0.361 e. The van der Waals surface area contributed by atoms with E-state index < -0.39 is 45.5 Å². The standard InChI is InChI=1S/C14H21N3O2S/c1-15-20(18,19)10-11-4-5-14-13(8-11)12(9-16-14)6-7-17(2)3/h4-5,8-9,15-16H,6-7,10H2,1-3H3/i1D3,6D2,9D,10D2/hD2. The van der Waals surface area contributed by atoms with Crippen LogP contribution >= 0.6 is 0 Å². The van der Waals surface area contributed by atoms with Crippen molar-refractivity contribution in [3.63, 3.8) is 0 Å². The topological polar surface area (TPSA) is 65.2 Å². The summed E-state index contributed by atoms with van der Waals surface area (Å²) in [4.78, 5) is 2.17. The third-order valence-corrected chi connectivity index (χ3v) is 3.23. The monoisotopic (exact) mass is 305 g/mol. The minimum atomic E-state index is -5.32. The fourth-order valence-corrected chi connectivity index (χ4v) is 2.09. The predicted octanol–water partition coefficient (Wildman–Crippen LogP) is 1.32. The first-order valence-corrected chi connectivity index (χ1v) is 7.13. The molecule has 0 saturated heterocycles. The zero-order chi connectivity index (χ0) is 23.4. The molecule has 5 nitrogen and oxygen atoms in total. The van der Waals surface area contributed by atoms with Gasteiger partial charge in [-0.1, -0.05) is 6.07 Å². The van der Waals surface area contributed by atoms with Crippen molar-refractivity contribution in [2.45, 2.75) is 12.1 Å². The van der Waals surface area contributed by atoms with Crippen LogP contribution < -0.4 is 4.72 Å². The van der Waals surface area contributed by atoms with Crippen molar-refractivity contribution in [2.75, 3.05) is 27.6 Å². The minimum absolute atomic E-state index is 0.0492. The first-order valence-electron chi connectivity index (χ1n) is 10.6. The van der Waals surface area contributed by atoms with E-state index in [-0.39, 0.29) is 23.0 Å². The second kappa shape index (κ2) is 5.95. The van der Waals surface area contributed by atoms with E-state index in [1.165, 1.54) is 4.90 Å². The summed E-state index contributed by atoms with van der Waals surface area (Å²) in [7, 11) is -2.11. The maximum atomic E-state index is 12.5. The highest BCUT2D eigenvalue weighted by molar-refractivity contribution is 7.88. The van der Waals surface area contributed by atoms with Gasteiger partial charge in [0.1, 0.15) is 1.41 Å². The van der Waals surface area contributed by atoms with Gasteiger partial charge in [0, 0.05) is 33.2 Å². The van der Waals surface area contributed by atoms with Crippen LogP contribution in [0, 0.1) is 0 Å². The Balaban J connectivity index is 2.76. The summed E-state index contributed by atoms with van der Waals surface area (Å²) in [5.41, 5.74) is -4.07. The first-order chi connectivity index (χ1) is 13.4. The SMILES string of the molecule is [2H]c1c(C([2H])([2H])CN(C)C)c2cc(C([2H])([2H])S(=O)(=O)N([2H])C([2H])([2H])[2H])ccc2n1[2H]. The minimum Gasteiger partial charge on any atom is -0.361 e. The van der Waals surface area contributed by atoms with Gasteiger partial charge >= 0.3 is 0 Å². The second-order valence-corrected chi connectivity index (χ2v) is 5.75. The molecule has 0 amide bonds. The lowest BCUT2D eigenvalue weighted by atomic mass is 10.1. The Bertz CT molecular complexity index is 1060. The Morgan fingerprint density at radius 1 is 1.60 bits per heavy atom. The summed E-state index contributed by atoms with van der Waals surface area (Å²) in [5, 5.41) is -0.0520. The van der Waals surface area contributed by atoms with Crippen LogP contribution in [-0.2, 0) is 22.1 Å². The van der Waals surface area contributed by atoms with Crippen molar-refractivity contribution in [2.24, 2.45) is 0 Å². The van der Waals surface area contributed by atoms with Gasteiger partial charge in [0.2, 0.25) is 10.0 Å². The molecule has 0 saturated carbocycles. The lowest BCUT2D eigenvalue weighted by Gasteiger charge is -2.08. The van der Waals surface area contributed by atoms with Gasteiger partial charge in [0.15, 0.2) is 1.41 Å². The van der Waals surface area contributed by atoms with Crippen LogP contribution in [0.5, 0.6) is 0 Å². The molecule has 1 aromatic carbocycles. The molecule has 0 spiro atoms. The number of likely N-dealkylation sites (N-methyl/N-ethyl adjacent to an activating group) is 1. The molecule has 1 aromatic heterocycles. The lowest BCUT2D eigenvalue weighted by Crippen LogP contribution is -2.20. The molecule has 0 radical (unpaired) electrons. The average Bonchev–Trinajstić information content (AvgIpc) is 2.83. The molecule has 6 heteroatoms. The van der Waals surface area contributed by atoms with Gasteiger partial charge in [-0.2, -0.15) is 0 Å². The van der Waals surface area contributed by atoms with E-state index in [9.17, 15) is 8.42 Å². The number of aromatic amines is 1. The van der Waals surface area contributed by atoms with Crippen LogP contribution in [0.15, 0.2) is 24.4 Å². The molecule has 0 fully saturated rings. The Kier molecular flexibility index (Phi) is 1.96. The fourth-order valence-electron chi connectivity index (χ4n) is 1.62. The molecular formula is C14H21N3O2S. The van der Waals surface area contributed by atoms with Crippen LogP contribution in [0.2, 0.25) is 2.82 Å². The number of aromatic nitrogens is 1. The number of fused-ring (bicyclic) bond motifs is 1. The third-order valence-electron chi connectivity index (χ3n) is 2.49. The Morgan fingerprint density at radius 3 is 3.10 bits per heavy atom. The zero-order valence-corrected chi connectivity index (χ0v) is 11.8. The van der Waals surface area contributed by atoms with Crippen LogP contribution in [0.1, 0.15) is 22.1 Å². The van der Waals surface area contributed by atoms with Gasteiger partial charge in [-0.25, -0.2) is 13.1 Å². The van der Waals surface area contributed by atoms with Crippen molar-refractivity contribution in [3.8, 4) is 0 Å². The molecule has 0 aliphatic carbocycles. The molecule has 0 aliphatic rings. The quantitative estimate of drug-likeness (QED) is 0.846. The van der Waals surface area contributed by atoms with Gasteiger partial charge in [-0.3, -0.25) is 0 Å².